The minimum Gasteiger partial charge on any atom is -0.506 e. The molecule has 0 aliphatic heterocycles. The molecule has 0 amide bonds. The van der Waals surface area contributed by atoms with E-state index in [-0.39, 0.29) is 37.5 Å². The zero-order chi connectivity index (χ0) is 21.6. The second-order valence-corrected chi connectivity index (χ2v) is 9.34. The van der Waals surface area contributed by atoms with Crippen molar-refractivity contribution >= 4 is 56.5 Å². The largest absolute Gasteiger partial charge is 0.506 e. The Balaban J connectivity index is 2.54. The second-order valence-electron chi connectivity index (χ2n) is 6.12. The van der Waals surface area contributed by atoms with Crippen LogP contribution in [0.2, 0.25) is 20.1 Å². The van der Waals surface area contributed by atoms with Crippen LogP contribution in [-0.2, 0) is 14.9 Å². The molecule has 0 aliphatic rings. The van der Waals surface area contributed by atoms with Crippen LogP contribution in [0.5, 0.6) is 11.5 Å². The van der Waals surface area contributed by atoms with Gasteiger partial charge in [0, 0.05) is 5.02 Å². The van der Waals surface area contributed by atoms with E-state index < -0.39 is 20.6 Å². The minimum absolute atomic E-state index is 0.00273. The van der Waals surface area contributed by atoms with E-state index in [1.54, 1.807) is 0 Å². The van der Waals surface area contributed by atoms with Crippen LogP contribution >= 0.6 is 46.4 Å². The van der Waals surface area contributed by atoms with E-state index in [9.17, 15) is 23.2 Å². The van der Waals surface area contributed by atoms with Gasteiger partial charge in [0.05, 0.1) is 15.1 Å². The summed E-state index contributed by atoms with van der Waals surface area (Å²) in [6.45, 7) is 0. The third-order valence-corrected chi connectivity index (χ3v) is 7.03. The van der Waals surface area contributed by atoms with E-state index in [1.165, 1.54) is 54.6 Å². The molecule has 10 heteroatoms. The zero-order valence-electron chi connectivity index (χ0n) is 14.3. The average molecular weight is 494 g/mol. The molecule has 0 radical (unpaired) electrons. The van der Waals surface area contributed by atoms with Crippen LogP contribution in [0.25, 0.3) is 0 Å². The maximum Gasteiger partial charge on any atom is 0.283 e. The van der Waals surface area contributed by atoms with Gasteiger partial charge >= 0.3 is 0 Å². The lowest BCUT2D eigenvalue weighted by Crippen LogP contribution is -2.38. The summed E-state index contributed by atoms with van der Waals surface area (Å²) in [7, 11) is -4.96. The molecular weight excluding hydrogens is 482 g/mol. The van der Waals surface area contributed by atoms with Crippen molar-refractivity contribution in [1.29, 1.82) is 0 Å². The van der Waals surface area contributed by atoms with Crippen LogP contribution in [0.15, 0.2) is 54.6 Å². The summed E-state index contributed by atoms with van der Waals surface area (Å²) in [5.74, 6) is -0.723. The molecule has 0 aromatic heterocycles. The number of hydrogen-bond acceptors (Lipinski definition) is 4. The van der Waals surface area contributed by atoms with Gasteiger partial charge in [-0.2, -0.15) is 8.42 Å². The molecule has 0 spiro atoms. The summed E-state index contributed by atoms with van der Waals surface area (Å²) in [6, 6.07) is 11.7. The fourth-order valence-electron chi connectivity index (χ4n) is 3.13. The lowest BCUT2D eigenvalue weighted by Gasteiger charge is -2.33. The minimum atomic E-state index is -4.96. The smallest absolute Gasteiger partial charge is 0.283 e. The highest BCUT2D eigenvalue weighted by molar-refractivity contribution is 7.87. The molecule has 3 rings (SSSR count). The summed E-state index contributed by atoms with van der Waals surface area (Å²) < 4.78 is 34.0. The first-order chi connectivity index (χ1) is 13.5. The van der Waals surface area contributed by atoms with Crippen LogP contribution in [0, 0.1) is 0 Å². The molecule has 29 heavy (non-hydrogen) atoms. The Kier molecular flexibility index (Phi) is 5.98. The second kappa shape index (κ2) is 7.87. The normalized spacial score (nSPS) is 13.8. The Bertz CT molecular complexity index is 1170. The van der Waals surface area contributed by atoms with E-state index in [2.05, 4.69) is 0 Å². The summed E-state index contributed by atoms with van der Waals surface area (Å²) in [5.41, 5.74) is 0.0452. The molecule has 3 aromatic rings. The first-order valence-corrected chi connectivity index (χ1v) is 10.8. The SMILES string of the molecule is O=S(=O)(O)C(c1ccc(Cl)cc1)(c1ccc(O)c(Cl)c1)c1cc(Cl)c(O)c(Cl)c1. The molecule has 0 saturated carbocycles. The fraction of sp³-hybridized carbons (Fsp3) is 0.0526. The van der Waals surface area contributed by atoms with Crippen molar-refractivity contribution < 1.29 is 23.2 Å². The topological polar surface area (TPSA) is 94.8 Å². The molecule has 0 heterocycles. The van der Waals surface area contributed by atoms with Gasteiger partial charge in [-0.15, -0.1) is 0 Å². The number of benzene rings is 3. The van der Waals surface area contributed by atoms with E-state index >= 15 is 0 Å². The summed E-state index contributed by atoms with van der Waals surface area (Å²) >= 11 is 24.0. The molecular formula is C19H12Cl4O5S. The number of phenols is 2. The first kappa shape index (κ1) is 22.0. The van der Waals surface area contributed by atoms with E-state index in [0.717, 1.165) is 0 Å². The molecule has 0 saturated heterocycles. The quantitative estimate of drug-likeness (QED) is 0.311. The Hall–Kier alpha value is -1.67. The Labute approximate surface area is 186 Å². The lowest BCUT2D eigenvalue weighted by molar-refractivity contribution is 0.456. The van der Waals surface area contributed by atoms with Gasteiger partial charge in [-0.05, 0) is 53.1 Å². The predicted octanol–water partition coefficient (Wildman–Crippen LogP) is 5.89. The summed E-state index contributed by atoms with van der Waals surface area (Å²) in [4.78, 5) is 0. The molecule has 0 aliphatic carbocycles. The van der Waals surface area contributed by atoms with Crippen LogP contribution < -0.4 is 0 Å². The van der Waals surface area contributed by atoms with Crippen molar-refractivity contribution in [2.24, 2.45) is 0 Å². The van der Waals surface area contributed by atoms with E-state index in [0.29, 0.717) is 5.02 Å². The zero-order valence-corrected chi connectivity index (χ0v) is 18.1. The maximum absolute atomic E-state index is 12.9. The van der Waals surface area contributed by atoms with Gasteiger partial charge in [0.25, 0.3) is 10.1 Å². The van der Waals surface area contributed by atoms with Crippen LogP contribution in [0.4, 0.5) is 0 Å². The average Bonchev–Trinajstić information content (AvgIpc) is 2.63. The number of aromatic hydroxyl groups is 2. The van der Waals surface area contributed by atoms with Crippen molar-refractivity contribution in [3.05, 3.63) is 91.4 Å². The van der Waals surface area contributed by atoms with Crippen molar-refractivity contribution in [2.75, 3.05) is 0 Å². The molecule has 3 N–H and O–H groups in total. The molecule has 1 atom stereocenters. The highest BCUT2D eigenvalue weighted by Gasteiger charge is 2.49. The lowest BCUT2D eigenvalue weighted by atomic mass is 9.84. The first-order valence-electron chi connectivity index (χ1n) is 7.89. The highest BCUT2D eigenvalue weighted by atomic mass is 35.5. The van der Waals surface area contributed by atoms with Gasteiger partial charge in [-0.3, -0.25) is 4.55 Å². The summed E-state index contributed by atoms with van der Waals surface area (Å²) in [5, 5.41) is 19.4. The van der Waals surface area contributed by atoms with Crippen LogP contribution in [0.3, 0.4) is 0 Å². The Morgan fingerprint density at radius 2 is 1.17 bits per heavy atom. The standard InChI is InChI=1S/C19H12Cl4O5S/c20-13-4-1-10(2-5-13)19(29(26,27)28,11-3-6-17(24)14(21)7-11)12-8-15(22)18(25)16(23)9-12/h1-9,24-25H,(H,26,27,28). The van der Waals surface area contributed by atoms with Gasteiger partial charge in [0.15, 0.2) is 10.5 Å². The monoisotopic (exact) mass is 492 g/mol. The van der Waals surface area contributed by atoms with Crippen molar-refractivity contribution in [1.82, 2.24) is 0 Å². The van der Waals surface area contributed by atoms with E-state index in [4.69, 9.17) is 46.4 Å². The predicted molar refractivity (Wildman–Crippen MR) is 114 cm³/mol. The third kappa shape index (κ3) is 3.77. The number of rotatable bonds is 4. The third-order valence-electron chi connectivity index (χ3n) is 4.42. The van der Waals surface area contributed by atoms with Gasteiger partial charge in [0.2, 0.25) is 0 Å². The summed E-state index contributed by atoms with van der Waals surface area (Å²) in [6.07, 6.45) is 0. The molecule has 0 bridgehead atoms. The van der Waals surface area contributed by atoms with Crippen molar-refractivity contribution in [2.45, 2.75) is 4.75 Å². The molecule has 5 nitrogen and oxygen atoms in total. The number of halogens is 4. The molecule has 3 aromatic carbocycles. The van der Waals surface area contributed by atoms with E-state index in [1.807, 2.05) is 0 Å². The van der Waals surface area contributed by atoms with Gasteiger partial charge in [0.1, 0.15) is 5.75 Å². The van der Waals surface area contributed by atoms with Gasteiger partial charge in [-0.1, -0.05) is 64.6 Å². The number of phenolic OH excluding ortho intramolecular Hbond substituents is 2. The van der Waals surface area contributed by atoms with Crippen molar-refractivity contribution in [3.8, 4) is 11.5 Å². The number of hydrogen-bond donors (Lipinski definition) is 3. The molecule has 0 fully saturated rings. The van der Waals surface area contributed by atoms with Crippen molar-refractivity contribution in [3.63, 3.8) is 0 Å². The van der Waals surface area contributed by atoms with Crippen LogP contribution in [-0.4, -0.2) is 23.2 Å². The van der Waals surface area contributed by atoms with Crippen LogP contribution in [0.1, 0.15) is 16.7 Å². The fourth-order valence-corrected chi connectivity index (χ4v) is 5.19. The van der Waals surface area contributed by atoms with Gasteiger partial charge in [-0.25, -0.2) is 0 Å². The van der Waals surface area contributed by atoms with Gasteiger partial charge < -0.3 is 10.2 Å². The molecule has 152 valence electrons. The Morgan fingerprint density at radius 3 is 1.66 bits per heavy atom. The maximum atomic E-state index is 12.9. The highest BCUT2D eigenvalue weighted by Crippen LogP contribution is 2.48. The Morgan fingerprint density at radius 1 is 0.690 bits per heavy atom. The molecule has 1 unspecified atom stereocenters.